The Hall–Kier alpha value is -3.57. The van der Waals surface area contributed by atoms with E-state index < -0.39 is 0 Å². The minimum atomic E-state index is -0.213. The Labute approximate surface area is 176 Å². The van der Waals surface area contributed by atoms with Gasteiger partial charge in [-0.15, -0.1) is 6.58 Å². The minimum Gasteiger partial charge on any atom is -0.497 e. The summed E-state index contributed by atoms with van der Waals surface area (Å²) < 4.78 is 5.27. The zero-order valence-corrected chi connectivity index (χ0v) is 17.0. The third-order valence-corrected chi connectivity index (χ3v) is 5.19. The molecule has 1 aliphatic heterocycles. The summed E-state index contributed by atoms with van der Waals surface area (Å²) in [5, 5.41) is 7.12. The fourth-order valence-corrected chi connectivity index (χ4v) is 3.62. The molecule has 30 heavy (non-hydrogen) atoms. The lowest BCUT2D eigenvalue weighted by Crippen LogP contribution is -2.44. The SMILES string of the molecule is C=CCNCC(=O)N1NC(c2ccc3ccccc3c2)=C[C@@H]1c1ccc(OC)cc1. The van der Waals surface area contributed by atoms with Gasteiger partial charge >= 0.3 is 0 Å². The van der Waals surface area contributed by atoms with E-state index >= 15 is 0 Å². The highest BCUT2D eigenvalue weighted by Gasteiger charge is 2.30. The highest BCUT2D eigenvalue weighted by atomic mass is 16.5. The van der Waals surface area contributed by atoms with Gasteiger partial charge in [0.15, 0.2) is 0 Å². The Kier molecular flexibility index (Phi) is 5.82. The maximum Gasteiger partial charge on any atom is 0.255 e. The largest absolute Gasteiger partial charge is 0.497 e. The van der Waals surface area contributed by atoms with Crippen LogP contribution < -0.4 is 15.5 Å². The van der Waals surface area contributed by atoms with Gasteiger partial charge in [0.05, 0.1) is 25.4 Å². The van der Waals surface area contributed by atoms with Gasteiger partial charge in [-0.1, -0.05) is 54.6 Å². The predicted molar refractivity (Wildman–Crippen MR) is 121 cm³/mol. The van der Waals surface area contributed by atoms with Crippen molar-refractivity contribution in [3.63, 3.8) is 0 Å². The van der Waals surface area contributed by atoms with Gasteiger partial charge in [0, 0.05) is 6.54 Å². The summed E-state index contributed by atoms with van der Waals surface area (Å²) >= 11 is 0. The summed E-state index contributed by atoms with van der Waals surface area (Å²) in [5.41, 5.74) is 6.29. The lowest BCUT2D eigenvalue weighted by atomic mass is 10.0. The van der Waals surface area contributed by atoms with E-state index in [1.54, 1.807) is 18.2 Å². The Morgan fingerprint density at radius 3 is 2.63 bits per heavy atom. The van der Waals surface area contributed by atoms with E-state index in [-0.39, 0.29) is 18.5 Å². The number of carbonyl (C=O) groups excluding carboxylic acids is 1. The van der Waals surface area contributed by atoms with Gasteiger partial charge in [-0.05, 0) is 46.2 Å². The number of amides is 1. The number of methoxy groups -OCH3 is 1. The van der Waals surface area contributed by atoms with Crippen LogP contribution in [0.2, 0.25) is 0 Å². The lowest BCUT2D eigenvalue weighted by Gasteiger charge is -2.26. The molecule has 0 spiro atoms. The number of rotatable bonds is 7. The van der Waals surface area contributed by atoms with E-state index in [4.69, 9.17) is 4.74 Å². The molecule has 1 aliphatic rings. The summed E-state index contributed by atoms with van der Waals surface area (Å²) in [7, 11) is 1.64. The Morgan fingerprint density at radius 2 is 1.90 bits per heavy atom. The van der Waals surface area contributed by atoms with Gasteiger partial charge in [0.25, 0.3) is 5.91 Å². The highest BCUT2D eigenvalue weighted by Crippen LogP contribution is 2.33. The normalized spacial score (nSPS) is 15.6. The van der Waals surface area contributed by atoms with Crippen molar-refractivity contribution in [3.8, 4) is 5.75 Å². The highest BCUT2D eigenvalue weighted by molar-refractivity contribution is 5.88. The van der Waals surface area contributed by atoms with E-state index in [2.05, 4.69) is 53.7 Å². The quantitative estimate of drug-likeness (QED) is 0.465. The molecule has 4 rings (SSSR count). The minimum absolute atomic E-state index is 0.0373. The summed E-state index contributed by atoms with van der Waals surface area (Å²) in [6.45, 7) is 4.49. The first-order valence-corrected chi connectivity index (χ1v) is 9.95. The van der Waals surface area contributed by atoms with Gasteiger partial charge < -0.3 is 10.1 Å². The molecule has 0 bridgehead atoms. The number of hydrogen-bond acceptors (Lipinski definition) is 4. The molecule has 0 fully saturated rings. The third kappa shape index (κ3) is 4.07. The zero-order valence-electron chi connectivity index (χ0n) is 17.0. The van der Waals surface area contributed by atoms with Crippen LogP contribution in [0.3, 0.4) is 0 Å². The molecule has 0 saturated heterocycles. The van der Waals surface area contributed by atoms with Crippen molar-refractivity contribution in [2.75, 3.05) is 20.2 Å². The number of fused-ring (bicyclic) bond motifs is 1. The van der Waals surface area contributed by atoms with E-state index in [1.165, 1.54) is 5.39 Å². The molecule has 0 unspecified atom stereocenters. The molecule has 5 heteroatoms. The van der Waals surface area contributed by atoms with Crippen LogP contribution in [-0.4, -0.2) is 31.1 Å². The van der Waals surface area contributed by atoms with Crippen molar-refractivity contribution >= 4 is 22.4 Å². The first-order valence-electron chi connectivity index (χ1n) is 9.95. The van der Waals surface area contributed by atoms with Crippen LogP contribution in [0.5, 0.6) is 5.75 Å². The Morgan fingerprint density at radius 1 is 1.13 bits per heavy atom. The van der Waals surface area contributed by atoms with Crippen LogP contribution in [0.4, 0.5) is 0 Å². The number of carbonyl (C=O) groups is 1. The molecule has 3 aromatic rings. The van der Waals surface area contributed by atoms with Crippen LogP contribution in [0, 0.1) is 0 Å². The smallest absolute Gasteiger partial charge is 0.255 e. The maximum absolute atomic E-state index is 12.9. The molecule has 1 atom stereocenters. The molecule has 2 N–H and O–H groups in total. The van der Waals surface area contributed by atoms with Gasteiger partial charge in [-0.3, -0.25) is 10.2 Å². The van der Waals surface area contributed by atoms with Crippen molar-refractivity contribution < 1.29 is 9.53 Å². The van der Waals surface area contributed by atoms with E-state index in [1.807, 2.05) is 36.4 Å². The Bertz CT molecular complexity index is 1090. The second-order valence-corrected chi connectivity index (χ2v) is 7.16. The molecule has 0 aromatic heterocycles. The third-order valence-electron chi connectivity index (χ3n) is 5.19. The van der Waals surface area contributed by atoms with Crippen molar-refractivity contribution in [2.45, 2.75) is 6.04 Å². The fourth-order valence-electron chi connectivity index (χ4n) is 3.62. The number of nitrogens with zero attached hydrogens (tertiary/aromatic N) is 1. The van der Waals surface area contributed by atoms with E-state index in [9.17, 15) is 4.79 Å². The topological polar surface area (TPSA) is 53.6 Å². The number of hydrazine groups is 1. The monoisotopic (exact) mass is 399 g/mol. The summed E-state index contributed by atoms with van der Waals surface area (Å²) in [4.78, 5) is 12.9. The summed E-state index contributed by atoms with van der Waals surface area (Å²) in [6, 6.07) is 22.2. The summed E-state index contributed by atoms with van der Waals surface area (Å²) in [6.07, 6.45) is 3.84. The molecule has 0 saturated carbocycles. The van der Waals surface area contributed by atoms with Crippen molar-refractivity contribution in [1.29, 1.82) is 0 Å². The van der Waals surface area contributed by atoms with Crippen LogP contribution in [0.25, 0.3) is 16.5 Å². The van der Waals surface area contributed by atoms with Crippen LogP contribution in [-0.2, 0) is 4.79 Å². The van der Waals surface area contributed by atoms with Gasteiger partial charge in [-0.2, -0.15) is 0 Å². The van der Waals surface area contributed by atoms with Crippen molar-refractivity contribution in [3.05, 3.63) is 96.6 Å². The van der Waals surface area contributed by atoms with E-state index in [0.717, 1.165) is 28.0 Å². The molecule has 1 heterocycles. The predicted octanol–water partition coefficient (Wildman–Crippen LogP) is 4.05. The first kappa shape index (κ1) is 19.7. The van der Waals surface area contributed by atoms with Crippen LogP contribution >= 0.6 is 0 Å². The molecular formula is C25H25N3O2. The number of benzene rings is 3. The second-order valence-electron chi connectivity index (χ2n) is 7.16. The zero-order chi connectivity index (χ0) is 20.9. The number of ether oxygens (including phenoxy) is 1. The lowest BCUT2D eigenvalue weighted by molar-refractivity contribution is -0.133. The molecule has 0 aliphatic carbocycles. The van der Waals surface area contributed by atoms with Crippen LogP contribution in [0.1, 0.15) is 17.2 Å². The van der Waals surface area contributed by atoms with Crippen molar-refractivity contribution in [1.82, 2.24) is 15.8 Å². The molecule has 1 amide bonds. The van der Waals surface area contributed by atoms with Crippen molar-refractivity contribution in [2.24, 2.45) is 0 Å². The van der Waals surface area contributed by atoms with Crippen LogP contribution in [0.15, 0.2) is 85.5 Å². The average molecular weight is 399 g/mol. The standard InChI is InChI=1S/C25H25N3O2/c1-3-14-26-17-25(29)28-24(19-10-12-22(30-2)13-11-19)16-23(27-28)21-9-8-18-6-4-5-7-20(18)15-21/h3-13,15-16,24,26-27H,1,14,17H2,2H3/t24-/m1/s1. The maximum atomic E-state index is 12.9. The van der Waals surface area contributed by atoms with Gasteiger partial charge in [-0.25, -0.2) is 5.01 Å². The van der Waals surface area contributed by atoms with E-state index in [0.29, 0.717) is 6.54 Å². The Balaban J connectivity index is 1.66. The first-order chi connectivity index (χ1) is 14.7. The molecule has 152 valence electrons. The average Bonchev–Trinajstić information content (AvgIpc) is 3.24. The number of nitrogens with one attached hydrogen (secondary N) is 2. The molecule has 0 radical (unpaired) electrons. The summed E-state index contributed by atoms with van der Waals surface area (Å²) in [5.74, 6) is 0.749. The molecular weight excluding hydrogens is 374 g/mol. The van der Waals surface area contributed by atoms with Gasteiger partial charge in [0.1, 0.15) is 5.75 Å². The molecule has 5 nitrogen and oxygen atoms in total. The second kappa shape index (κ2) is 8.84. The fraction of sp³-hybridized carbons (Fsp3) is 0.160. The van der Waals surface area contributed by atoms with Gasteiger partial charge in [0.2, 0.25) is 0 Å². The molecule has 3 aromatic carbocycles. The number of hydrogen-bond donors (Lipinski definition) is 2.